The molecular formula is C27H45N3O8Si. The maximum atomic E-state index is 13.0. The summed E-state index contributed by atoms with van der Waals surface area (Å²) in [4.78, 5) is 38.7. The van der Waals surface area contributed by atoms with Gasteiger partial charge in [-0.3, -0.25) is 15.0 Å². The van der Waals surface area contributed by atoms with Crippen LogP contribution in [0, 0.1) is 10.1 Å². The van der Waals surface area contributed by atoms with Crippen molar-refractivity contribution in [2.75, 3.05) is 20.1 Å². The Balaban J connectivity index is 2.00. The highest BCUT2D eigenvalue weighted by Crippen LogP contribution is 2.39. The molecule has 1 heterocycles. The number of nitro benzene ring substituents is 1. The third-order valence-electron chi connectivity index (χ3n) is 7.23. The van der Waals surface area contributed by atoms with Crippen molar-refractivity contribution in [3.63, 3.8) is 0 Å². The monoisotopic (exact) mass is 567 g/mol. The summed E-state index contributed by atoms with van der Waals surface area (Å²) < 4.78 is 17.5. The number of likely N-dealkylation sites (tertiary alicyclic amines) is 1. The molecule has 0 bridgehead atoms. The predicted octanol–water partition coefficient (Wildman–Crippen LogP) is 5.31. The van der Waals surface area contributed by atoms with E-state index in [1.165, 1.54) is 29.2 Å². The van der Waals surface area contributed by atoms with Gasteiger partial charge in [0.15, 0.2) is 8.32 Å². The van der Waals surface area contributed by atoms with Gasteiger partial charge in [0.05, 0.1) is 23.2 Å². The van der Waals surface area contributed by atoms with Gasteiger partial charge >= 0.3 is 12.2 Å². The van der Waals surface area contributed by atoms with Crippen molar-refractivity contribution < 1.29 is 33.5 Å². The maximum absolute atomic E-state index is 13.0. The third kappa shape index (κ3) is 9.47. The van der Waals surface area contributed by atoms with Gasteiger partial charge in [-0.05, 0) is 69.4 Å². The van der Waals surface area contributed by atoms with Crippen LogP contribution in [0.3, 0.4) is 0 Å². The van der Waals surface area contributed by atoms with Crippen LogP contribution in [0.1, 0.15) is 59.9 Å². The Bertz CT molecular complexity index is 1000. The van der Waals surface area contributed by atoms with Crippen LogP contribution in [0.5, 0.6) is 0 Å². The summed E-state index contributed by atoms with van der Waals surface area (Å²) in [5, 5.41) is 21.9. The fourth-order valence-electron chi connectivity index (χ4n) is 3.98. The van der Waals surface area contributed by atoms with E-state index in [1.807, 2.05) is 0 Å². The van der Waals surface area contributed by atoms with Crippen LogP contribution in [0.4, 0.5) is 15.3 Å². The summed E-state index contributed by atoms with van der Waals surface area (Å²) in [6, 6.07) is 5.25. The summed E-state index contributed by atoms with van der Waals surface area (Å²) in [6.45, 7) is 16.7. The van der Waals surface area contributed by atoms with Crippen LogP contribution in [-0.2, 0) is 20.5 Å². The predicted molar refractivity (Wildman–Crippen MR) is 150 cm³/mol. The van der Waals surface area contributed by atoms with Gasteiger partial charge in [-0.15, -0.1) is 0 Å². The Morgan fingerprint density at radius 1 is 1.18 bits per heavy atom. The molecule has 1 saturated heterocycles. The van der Waals surface area contributed by atoms with Gasteiger partial charge in [0.2, 0.25) is 0 Å². The SMILES string of the molecule is CN(CC[C@H](O)[C@@H]1C[C@@H](O[Si](C)(C)C(C)(C)C)CN1C(=O)OC(C)(C)C)C(=O)OCc1ccc([N+](=O)[O-])cc1. The summed E-state index contributed by atoms with van der Waals surface area (Å²) in [5.41, 5.74) is -0.104. The standard InChI is InChI=1S/C27H45N3O8Si/c1-26(2,3)37-25(33)29-17-21(38-39(8,9)27(4,5)6)16-22(29)23(31)14-15-28(7)24(32)36-18-19-10-12-20(13-11-19)30(34)35/h10-13,21-23,31H,14-18H2,1-9H3/t21-,22+,23+/m1/s1. The first-order chi connectivity index (χ1) is 17.8. The number of hydrogen-bond donors (Lipinski definition) is 1. The number of amides is 2. The first-order valence-electron chi connectivity index (χ1n) is 13.3. The number of carbonyl (C=O) groups is 2. The van der Waals surface area contributed by atoms with E-state index < -0.39 is 43.2 Å². The third-order valence-corrected chi connectivity index (χ3v) is 11.8. The molecule has 220 valence electrons. The van der Waals surface area contributed by atoms with E-state index in [2.05, 4.69) is 33.9 Å². The molecule has 2 amide bonds. The molecule has 1 aliphatic heterocycles. The van der Waals surface area contributed by atoms with E-state index in [1.54, 1.807) is 32.7 Å². The second kappa shape index (κ2) is 12.6. The molecule has 0 radical (unpaired) electrons. The van der Waals surface area contributed by atoms with E-state index >= 15 is 0 Å². The van der Waals surface area contributed by atoms with E-state index in [-0.39, 0.29) is 36.4 Å². The van der Waals surface area contributed by atoms with Crippen molar-refractivity contribution in [3.8, 4) is 0 Å². The highest BCUT2D eigenvalue weighted by atomic mass is 28.4. The van der Waals surface area contributed by atoms with Crippen LogP contribution in [0.25, 0.3) is 0 Å². The second-order valence-electron chi connectivity index (χ2n) is 12.7. The van der Waals surface area contributed by atoms with Crippen LogP contribution < -0.4 is 0 Å². The number of benzene rings is 1. The minimum absolute atomic E-state index is 0.00199. The first kappa shape index (κ1) is 32.5. The van der Waals surface area contributed by atoms with Crippen molar-refractivity contribution in [3.05, 3.63) is 39.9 Å². The minimum Gasteiger partial charge on any atom is -0.445 e. The van der Waals surface area contributed by atoms with Crippen LogP contribution in [0.15, 0.2) is 24.3 Å². The molecule has 12 heteroatoms. The molecule has 39 heavy (non-hydrogen) atoms. The highest BCUT2D eigenvalue weighted by molar-refractivity contribution is 6.74. The Hall–Kier alpha value is -2.70. The Kier molecular flexibility index (Phi) is 10.5. The fourth-order valence-corrected chi connectivity index (χ4v) is 5.34. The van der Waals surface area contributed by atoms with Gasteiger partial charge in [-0.1, -0.05) is 20.8 Å². The van der Waals surface area contributed by atoms with Gasteiger partial charge in [-0.25, -0.2) is 9.59 Å². The van der Waals surface area contributed by atoms with Crippen LogP contribution >= 0.6 is 0 Å². The zero-order valence-electron chi connectivity index (χ0n) is 24.7. The lowest BCUT2D eigenvalue weighted by atomic mass is 10.0. The lowest BCUT2D eigenvalue weighted by Gasteiger charge is -2.38. The lowest BCUT2D eigenvalue weighted by molar-refractivity contribution is -0.384. The van der Waals surface area contributed by atoms with Crippen molar-refractivity contribution in [1.29, 1.82) is 0 Å². The van der Waals surface area contributed by atoms with Crippen molar-refractivity contribution in [2.24, 2.45) is 0 Å². The summed E-state index contributed by atoms with van der Waals surface area (Å²) in [5.74, 6) is 0. The summed E-state index contributed by atoms with van der Waals surface area (Å²) in [6.07, 6.45) is -1.52. The maximum Gasteiger partial charge on any atom is 0.410 e. The smallest absolute Gasteiger partial charge is 0.410 e. The van der Waals surface area contributed by atoms with E-state index in [9.17, 15) is 24.8 Å². The number of rotatable bonds is 9. The van der Waals surface area contributed by atoms with Crippen LogP contribution in [-0.4, -0.2) is 84.3 Å². The van der Waals surface area contributed by atoms with E-state index in [0.717, 1.165) is 0 Å². The quantitative estimate of drug-likeness (QED) is 0.241. The van der Waals surface area contributed by atoms with Crippen molar-refractivity contribution in [2.45, 2.75) is 103 Å². The number of ether oxygens (including phenoxy) is 2. The molecule has 0 aliphatic carbocycles. The Labute approximate surface area is 232 Å². The zero-order valence-corrected chi connectivity index (χ0v) is 25.7. The topological polar surface area (TPSA) is 132 Å². The molecule has 1 aliphatic rings. The number of hydrogen-bond acceptors (Lipinski definition) is 8. The average Bonchev–Trinajstić information content (AvgIpc) is 3.22. The summed E-state index contributed by atoms with van der Waals surface area (Å²) in [7, 11) is -0.542. The zero-order chi connectivity index (χ0) is 29.8. The number of aliphatic hydroxyl groups excluding tert-OH is 1. The van der Waals surface area contributed by atoms with Crippen molar-refractivity contribution >= 4 is 26.2 Å². The fraction of sp³-hybridized carbons (Fsp3) is 0.704. The lowest BCUT2D eigenvalue weighted by Crippen LogP contribution is -2.46. The van der Waals surface area contributed by atoms with E-state index in [0.29, 0.717) is 18.5 Å². The van der Waals surface area contributed by atoms with Gasteiger partial charge in [0, 0.05) is 32.3 Å². The number of nitrogens with zero attached hydrogens (tertiary/aromatic N) is 3. The normalized spacial score (nSPS) is 19.0. The molecule has 1 aromatic carbocycles. The Morgan fingerprint density at radius 3 is 2.28 bits per heavy atom. The van der Waals surface area contributed by atoms with Gasteiger partial charge in [-0.2, -0.15) is 0 Å². The second-order valence-corrected chi connectivity index (χ2v) is 17.4. The van der Waals surface area contributed by atoms with Gasteiger partial charge in [0.25, 0.3) is 5.69 Å². The molecule has 0 saturated carbocycles. The van der Waals surface area contributed by atoms with Crippen LogP contribution in [0.2, 0.25) is 18.1 Å². The first-order valence-corrected chi connectivity index (χ1v) is 16.2. The minimum atomic E-state index is -2.11. The van der Waals surface area contributed by atoms with Gasteiger partial charge < -0.3 is 23.9 Å². The molecule has 0 spiro atoms. The largest absolute Gasteiger partial charge is 0.445 e. The number of carbonyl (C=O) groups excluding carboxylic acids is 2. The van der Waals surface area contributed by atoms with Gasteiger partial charge in [0.1, 0.15) is 12.2 Å². The molecule has 1 aromatic rings. The molecule has 0 aromatic heterocycles. The Morgan fingerprint density at radius 2 is 1.77 bits per heavy atom. The van der Waals surface area contributed by atoms with E-state index in [4.69, 9.17) is 13.9 Å². The average molecular weight is 568 g/mol. The molecule has 3 atom stereocenters. The number of non-ortho nitro benzene ring substituents is 1. The molecule has 11 nitrogen and oxygen atoms in total. The van der Waals surface area contributed by atoms with Crippen molar-refractivity contribution in [1.82, 2.24) is 9.80 Å². The molecule has 2 rings (SSSR count). The number of aliphatic hydroxyl groups is 1. The molecule has 0 unspecified atom stereocenters. The molecule has 1 N–H and O–H groups in total. The molecule has 1 fully saturated rings. The molecular weight excluding hydrogens is 522 g/mol. The highest BCUT2D eigenvalue weighted by Gasteiger charge is 2.46. The summed E-state index contributed by atoms with van der Waals surface area (Å²) >= 11 is 0. The number of nitro groups is 1.